The molecule has 4 nitrogen and oxygen atoms in total. The second-order valence-electron chi connectivity index (χ2n) is 5.98. The molecule has 0 aliphatic carbocycles. The molecule has 2 rings (SSSR count). The zero-order valence-corrected chi connectivity index (χ0v) is 15.2. The summed E-state index contributed by atoms with van der Waals surface area (Å²) in [4.78, 5) is 12.5. The van der Waals surface area contributed by atoms with Crippen LogP contribution in [0.3, 0.4) is 0 Å². The Morgan fingerprint density at radius 1 is 1.00 bits per heavy atom. The lowest BCUT2D eigenvalue weighted by Gasteiger charge is -2.17. The highest BCUT2D eigenvalue weighted by Crippen LogP contribution is 2.20. The van der Waals surface area contributed by atoms with Crippen LogP contribution in [-0.2, 0) is 11.2 Å². The van der Waals surface area contributed by atoms with E-state index in [2.05, 4.69) is 24.4 Å². The number of nitrogens with one attached hydrogen (secondary N) is 1. The Morgan fingerprint density at radius 3 is 2.20 bits per heavy atom. The van der Waals surface area contributed by atoms with E-state index in [1.54, 1.807) is 19.2 Å². The Morgan fingerprint density at radius 2 is 1.64 bits per heavy atom. The van der Waals surface area contributed by atoms with Gasteiger partial charge in [-0.25, -0.2) is 0 Å². The van der Waals surface area contributed by atoms with E-state index < -0.39 is 6.10 Å². The first-order valence-corrected chi connectivity index (χ1v) is 8.86. The minimum atomic E-state index is -0.534. The zero-order valence-electron chi connectivity index (χ0n) is 15.2. The molecule has 1 N–H and O–H groups in total. The molecular formula is C21H27NO3. The van der Waals surface area contributed by atoms with Crippen LogP contribution in [0.1, 0.15) is 38.7 Å². The maximum Gasteiger partial charge on any atom is 0.265 e. The molecule has 0 radical (unpaired) electrons. The fourth-order valence-electron chi connectivity index (χ4n) is 2.50. The monoisotopic (exact) mass is 341 g/mol. The van der Waals surface area contributed by atoms with E-state index in [4.69, 9.17) is 9.47 Å². The molecule has 0 unspecified atom stereocenters. The molecule has 0 heterocycles. The largest absolute Gasteiger partial charge is 0.497 e. The first-order valence-electron chi connectivity index (χ1n) is 8.86. The highest BCUT2D eigenvalue weighted by molar-refractivity contribution is 5.94. The highest BCUT2D eigenvalue weighted by atomic mass is 16.5. The summed E-state index contributed by atoms with van der Waals surface area (Å²) < 4.78 is 10.9. The summed E-state index contributed by atoms with van der Waals surface area (Å²) in [5.41, 5.74) is 2.09. The van der Waals surface area contributed by atoms with Crippen molar-refractivity contribution in [3.8, 4) is 11.5 Å². The first kappa shape index (κ1) is 18.8. The van der Waals surface area contributed by atoms with Crippen LogP contribution in [-0.4, -0.2) is 19.1 Å². The second-order valence-corrected chi connectivity index (χ2v) is 5.98. The molecular weight excluding hydrogens is 314 g/mol. The standard InChI is InChI=1S/C21H27NO3/c1-4-6-7-16-8-10-17(11-9-16)22-21(23)20(5-2)25-19-14-12-18(24-3)13-15-19/h8-15,20H,4-7H2,1-3H3,(H,22,23)/t20-/m1/s1. The summed E-state index contributed by atoms with van der Waals surface area (Å²) in [6.45, 7) is 4.11. The van der Waals surface area contributed by atoms with Crippen molar-refractivity contribution >= 4 is 11.6 Å². The molecule has 0 aliphatic heterocycles. The maximum atomic E-state index is 12.5. The summed E-state index contributed by atoms with van der Waals surface area (Å²) in [7, 11) is 1.62. The summed E-state index contributed by atoms with van der Waals surface area (Å²) in [5, 5.41) is 2.93. The molecule has 134 valence electrons. The van der Waals surface area contributed by atoms with Gasteiger partial charge in [0.25, 0.3) is 5.91 Å². The molecule has 25 heavy (non-hydrogen) atoms. The number of rotatable bonds is 9. The van der Waals surface area contributed by atoms with Crippen LogP contribution in [0.15, 0.2) is 48.5 Å². The number of amides is 1. The topological polar surface area (TPSA) is 47.6 Å². The number of aryl methyl sites for hydroxylation is 1. The molecule has 0 saturated carbocycles. The minimum absolute atomic E-state index is 0.139. The third-order valence-corrected chi connectivity index (χ3v) is 4.04. The number of methoxy groups -OCH3 is 1. The van der Waals surface area contributed by atoms with E-state index in [1.807, 2.05) is 31.2 Å². The van der Waals surface area contributed by atoms with Crippen molar-refractivity contribution in [2.45, 2.75) is 45.6 Å². The van der Waals surface area contributed by atoms with Gasteiger partial charge in [-0.1, -0.05) is 32.4 Å². The molecule has 1 amide bonds. The minimum Gasteiger partial charge on any atom is -0.497 e. The molecule has 0 saturated heterocycles. The van der Waals surface area contributed by atoms with Crippen LogP contribution < -0.4 is 14.8 Å². The van der Waals surface area contributed by atoms with Gasteiger partial charge in [-0.05, 0) is 61.2 Å². The average molecular weight is 341 g/mol. The van der Waals surface area contributed by atoms with Crippen LogP contribution in [0.4, 0.5) is 5.69 Å². The number of hydrogen-bond donors (Lipinski definition) is 1. The SMILES string of the molecule is CCCCc1ccc(NC(=O)[C@@H](CC)Oc2ccc(OC)cc2)cc1. The van der Waals surface area contributed by atoms with Crippen molar-refractivity contribution in [1.29, 1.82) is 0 Å². The van der Waals surface area contributed by atoms with Gasteiger partial charge in [0.1, 0.15) is 11.5 Å². The molecule has 4 heteroatoms. The van der Waals surface area contributed by atoms with Gasteiger partial charge in [-0.15, -0.1) is 0 Å². The van der Waals surface area contributed by atoms with E-state index >= 15 is 0 Å². The lowest BCUT2D eigenvalue weighted by molar-refractivity contribution is -0.122. The number of carbonyl (C=O) groups is 1. The fraction of sp³-hybridized carbons (Fsp3) is 0.381. The van der Waals surface area contributed by atoms with Crippen molar-refractivity contribution < 1.29 is 14.3 Å². The molecule has 0 fully saturated rings. The van der Waals surface area contributed by atoms with Gasteiger partial charge in [0.15, 0.2) is 6.10 Å². The lowest BCUT2D eigenvalue weighted by Crippen LogP contribution is -2.32. The Kier molecular flexibility index (Phi) is 7.33. The Hall–Kier alpha value is -2.49. The van der Waals surface area contributed by atoms with Crippen molar-refractivity contribution in [2.75, 3.05) is 12.4 Å². The highest BCUT2D eigenvalue weighted by Gasteiger charge is 2.18. The summed E-state index contributed by atoms with van der Waals surface area (Å²) in [6, 6.07) is 15.3. The quantitative estimate of drug-likeness (QED) is 0.710. The Bertz CT molecular complexity index is 650. The summed E-state index contributed by atoms with van der Waals surface area (Å²) in [6.07, 6.45) is 3.49. The van der Waals surface area contributed by atoms with E-state index in [0.717, 1.165) is 17.9 Å². The van der Waals surface area contributed by atoms with E-state index in [1.165, 1.54) is 18.4 Å². The number of anilines is 1. The Balaban J connectivity index is 1.94. The molecule has 0 bridgehead atoms. The van der Waals surface area contributed by atoms with Gasteiger partial charge in [0, 0.05) is 5.69 Å². The van der Waals surface area contributed by atoms with Crippen LogP contribution >= 0.6 is 0 Å². The van der Waals surface area contributed by atoms with Crippen molar-refractivity contribution in [1.82, 2.24) is 0 Å². The number of unbranched alkanes of at least 4 members (excludes halogenated alkanes) is 1. The predicted molar refractivity (Wildman–Crippen MR) is 101 cm³/mol. The van der Waals surface area contributed by atoms with Crippen molar-refractivity contribution in [2.24, 2.45) is 0 Å². The molecule has 0 aromatic heterocycles. The predicted octanol–water partition coefficient (Wildman–Crippen LogP) is 4.83. The molecule has 1 atom stereocenters. The normalized spacial score (nSPS) is 11.6. The van der Waals surface area contributed by atoms with E-state index in [9.17, 15) is 4.79 Å². The maximum absolute atomic E-state index is 12.5. The van der Waals surface area contributed by atoms with Crippen LogP contribution in [0.25, 0.3) is 0 Å². The second kappa shape index (κ2) is 9.72. The third-order valence-electron chi connectivity index (χ3n) is 4.04. The molecule has 2 aromatic carbocycles. The van der Waals surface area contributed by atoms with Crippen LogP contribution in [0, 0.1) is 0 Å². The molecule has 0 spiro atoms. The van der Waals surface area contributed by atoms with Crippen LogP contribution in [0.2, 0.25) is 0 Å². The third kappa shape index (κ3) is 5.82. The average Bonchev–Trinajstić information content (AvgIpc) is 2.66. The van der Waals surface area contributed by atoms with Gasteiger partial charge in [0.2, 0.25) is 0 Å². The van der Waals surface area contributed by atoms with E-state index in [-0.39, 0.29) is 5.91 Å². The lowest BCUT2D eigenvalue weighted by atomic mass is 10.1. The number of ether oxygens (including phenoxy) is 2. The smallest absolute Gasteiger partial charge is 0.265 e. The van der Waals surface area contributed by atoms with Crippen molar-refractivity contribution in [3.05, 3.63) is 54.1 Å². The Labute approximate surface area is 150 Å². The first-order chi connectivity index (χ1) is 12.2. The van der Waals surface area contributed by atoms with Crippen molar-refractivity contribution in [3.63, 3.8) is 0 Å². The number of carbonyl (C=O) groups excluding carboxylic acids is 1. The van der Waals surface area contributed by atoms with Gasteiger partial charge in [0.05, 0.1) is 7.11 Å². The number of benzene rings is 2. The molecule has 0 aliphatic rings. The van der Waals surface area contributed by atoms with Gasteiger partial charge < -0.3 is 14.8 Å². The fourth-order valence-corrected chi connectivity index (χ4v) is 2.50. The van der Waals surface area contributed by atoms with Gasteiger partial charge in [-0.2, -0.15) is 0 Å². The number of hydrogen-bond acceptors (Lipinski definition) is 3. The molecule has 2 aromatic rings. The summed E-state index contributed by atoms with van der Waals surface area (Å²) in [5.74, 6) is 1.27. The van der Waals surface area contributed by atoms with Gasteiger partial charge >= 0.3 is 0 Å². The van der Waals surface area contributed by atoms with Crippen LogP contribution in [0.5, 0.6) is 11.5 Å². The summed E-state index contributed by atoms with van der Waals surface area (Å²) >= 11 is 0. The zero-order chi connectivity index (χ0) is 18.1. The van der Waals surface area contributed by atoms with Gasteiger partial charge in [-0.3, -0.25) is 4.79 Å². The van der Waals surface area contributed by atoms with E-state index in [0.29, 0.717) is 12.2 Å².